The van der Waals surface area contributed by atoms with Gasteiger partial charge in [-0.05, 0) is 42.9 Å². The molecule has 0 saturated carbocycles. The van der Waals surface area contributed by atoms with Gasteiger partial charge >= 0.3 is 0 Å². The van der Waals surface area contributed by atoms with Gasteiger partial charge in [-0.3, -0.25) is 0 Å². The molecule has 1 aromatic heterocycles. The van der Waals surface area contributed by atoms with Gasteiger partial charge in [0.1, 0.15) is 5.82 Å². The molecule has 1 unspecified atom stereocenters. The second-order valence-electron chi connectivity index (χ2n) is 6.80. The van der Waals surface area contributed by atoms with E-state index in [0.717, 1.165) is 42.2 Å². The van der Waals surface area contributed by atoms with Gasteiger partial charge in [-0.25, -0.2) is 13.2 Å². The van der Waals surface area contributed by atoms with Crippen molar-refractivity contribution in [1.82, 2.24) is 0 Å². The van der Waals surface area contributed by atoms with Crippen molar-refractivity contribution in [2.45, 2.75) is 39.0 Å². The Labute approximate surface area is 149 Å². The van der Waals surface area contributed by atoms with Crippen LogP contribution >= 0.6 is 11.3 Å². The first kappa shape index (κ1) is 16.6. The van der Waals surface area contributed by atoms with Gasteiger partial charge < -0.3 is 0 Å². The highest BCUT2D eigenvalue weighted by molar-refractivity contribution is 7.25. The van der Waals surface area contributed by atoms with Gasteiger partial charge in [0.2, 0.25) is 0 Å². The number of hydrogen-bond donors (Lipinski definition) is 0. The first-order valence-electron chi connectivity index (χ1n) is 8.78. The summed E-state index contributed by atoms with van der Waals surface area (Å²) in [5, 5.41) is 1.23. The molecule has 0 aliphatic heterocycles. The molecule has 0 N–H and O–H groups in total. The molecule has 3 aromatic rings. The van der Waals surface area contributed by atoms with Gasteiger partial charge in [-0.1, -0.05) is 38.0 Å². The first-order chi connectivity index (χ1) is 12.1. The lowest BCUT2D eigenvalue weighted by atomic mass is 9.84. The van der Waals surface area contributed by atoms with Crippen LogP contribution in [0.2, 0.25) is 0 Å². The predicted octanol–water partition coefficient (Wildman–Crippen LogP) is 7.46. The maximum Gasteiger partial charge on any atom is 0.176 e. The number of halogens is 3. The van der Waals surface area contributed by atoms with E-state index >= 15 is 4.39 Å². The molecule has 4 heteroatoms. The molecule has 0 amide bonds. The zero-order chi connectivity index (χ0) is 17.6. The highest BCUT2D eigenvalue weighted by atomic mass is 32.1. The topological polar surface area (TPSA) is 0 Å². The minimum Gasteiger partial charge on any atom is -0.205 e. The van der Waals surface area contributed by atoms with Gasteiger partial charge in [0.25, 0.3) is 0 Å². The lowest BCUT2D eigenvalue weighted by molar-refractivity contribution is 0.444. The molecule has 1 aliphatic carbocycles. The molecule has 1 heterocycles. The average molecular weight is 360 g/mol. The second-order valence-corrected chi connectivity index (χ2v) is 7.82. The molecule has 0 spiro atoms. The maximum atomic E-state index is 15.1. The van der Waals surface area contributed by atoms with E-state index in [2.05, 4.69) is 13.0 Å². The van der Waals surface area contributed by atoms with Crippen molar-refractivity contribution in [2.75, 3.05) is 0 Å². The van der Waals surface area contributed by atoms with E-state index in [-0.39, 0.29) is 10.5 Å². The Hall–Kier alpha value is -1.81. The van der Waals surface area contributed by atoms with Gasteiger partial charge in [0, 0.05) is 16.3 Å². The SMILES string of the molecule is CCCC1CC=C(c2ccc3c(sc4c(F)c(F)ccc43)c2F)CC1. The van der Waals surface area contributed by atoms with E-state index in [9.17, 15) is 8.78 Å². The van der Waals surface area contributed by atoms with Gasteiger partial charge in [-0.2, -0.15) is 0 Å². The Morgan fingerprint density at radius 3 is 2.40 bits per heavy atom. The highest BCUT2D eigenvalue weighted by Crippen LogP contribution is 2.41. The summed E-state index contributed by atoms with van der Waals surface area (Å²) in [6, 6.07) is 6.26. The molecule has 0 radical (unpaired) electrons. The standard InChI is InChI=1S/C21H19F3S/c1-2-3-12-4-6-13(7-5-12)14-8-9-15-16-10-11-17(22)19(24)21(16)25-20(15)18(14)23/h6,8-12H,2-5,7H2,1H3. The van der Waals surface area contributed by atoms with Crippen LogP contribution in [-0.4, -0.2) is 0 Å². The minimum atomic E-state index is -0.892. The largest absolute Gasteiger partial charge is 0.205 e. The molecule has 0 bridgehead atoms. The molecule has 0 saturated heterocycles. The van der Waals surface area contributed by atoms with Crippen LogP contribution in [-0.2, 0) is 0 Å². The Morgan fingerprint density at radius 1 is 1.00 bits per heavy atom. The molecule has 0 nitrogen and oxygen atoms in total. The molecule has 1 atom stereocenters. The Kier molecular flexibility index (Phi) is 4.32. The normalized spacial score (nSPS) is 18.1. The number of allylic oxidation sites excluding steroid dienone is 2. The number of thiophene rings is 1. The monoisotopic (exact) mass is 360 g/mol. The van der Waals surface area contributed by atoms with Crippen molar-refractivity contribution in [3.05, 3.63) is 53.4 Å². The van der Waals surface area contributed by atoms with E-state index < -0.39 is 11.6 Å². The fourth-order valence-electron chi connectivity index (χ4n) is 3.87. The second kappa shape index (κ2) is 6.49. The van der Waals surface area contributed by atoms with Gasteiger partial charge in [0.05, 0.1) is 9.40 Å². The number of rotatable bonds is 3. The van der Waals surface area contributed by atoms with Crippen molar-refractivity contribution in [2.24, 2.45) is 5.92 Å². The van der Waals surface area contributed by atoms with E-state index in [1.807, 2.05) is 6.07 Å². The van der Waals surface area contributed by atoms with Crippen molar-refractivity contribution < 1.29 is 13.2 Å². The maximum absolute atomic E-state index is 15.1. The third-order valence-electron chi connectivity index (χ3n) is 5.20. The summed E-state index contributed by atoms with van der Waals surface area (Å²) >= 11 is 0.999. The zero-order valence-electron chi connectivity index (χ0n) is 14.0. The zero-order valence-corrected chi connectivity index (χ0v) is 14.9. The molecule has 4 rings (SSSR count). The molecule has 1 aliphatic rings. The van der Waals surface area contributed by atoms with Crippen molar-refractivity contribution >= 4 is 37.1 Å². The number of fused-ring (bicyclic) bond motifs is 3. The fourth-order valence-corrected chi connectivity index (χ4v) is 5.03. The Morgan fingerprint density at radius 2 is 1.72 bits per heavy atom. The van der Waals surface area contributed by atoms with Crippen LogP contribution in [0.1, 0.15) is 44.6 Å². The van der Waals surface area contributed by atoms with E-state index in [1.165, 1.54) is 18.9 Å². The van der Waals surface area contributed by atoms with Crippen LogP contribution < -0.4 is 0 Å². The van der Waals surface area contributed by atoms with E-state index in [4.69, 9.17) is 0 Å². The summed E-state index contributed by atoms with van der Waals surface area (Å²) in [7, 11) is 0. The van der Waals surface area contributed by atoms with Gasteiger partial charge in [-0.15, -0.1) is 11.3 Å². The van der Waals surface area contributed by atoms with Crippen LogP contribution in [0.25, 0.3) is 25.7 Å². The van der Waals surface area contributed by atoms with Crippen LogP contribution in [0.5, 0.6) is 0 Å². The average Bonchev–Trinajstić information content (AvgIpc) is 3.00. The van der Waals surface area contributed by atoms with Crippen LogP contribution in [0.15, 0.2) is 30.3 Å². The molecule has 2 aromatic carbocycles. The van der Waals surface area contributed by atoms with Crippen LogP contribution in [0.3, 0.4) is 0 Å². The summed E-state index contributed by atoms with van der Waals surface area (Å²) in [6.45, 7) is 2.19. The molecular weight excluding hydrogens is 341 g/mol. The first-order valence-corrected chi connectivity index (χ1v) is 9.60. The minimum absolute atomic E-state index is 0.187. The molecular formula is C21H19F3S. The van der Waals surface area contributed by atoms with Crippen LogP contribution in [0, 0.1) is 23.4 Å². The van der Waals surface area contributed by atoms with Crippen molar-refractivity contribution in [3.8, 4) is 0 Å². The lowest BCUT2D eigenvalue weighted by Crippen LogP contribution is -2.05. The third-order valence-corrected chi connectivity index (χ3v) is 6.41. The van der Waals surface area contributed by atoms with Crippen molar-refractivity contribution in [3.63, 3.8) is 0 Å². The van der Waals surface area contributed by atoms with Crippen molar-refractivity contribution in [1.29, 1.82) is 0 Å². The highest BCUT2D eigenvalue weighted by Gasteiger charge is 2.21. The quantitative estimate of drug-likeness (QED) is 0.455. The van der Waals surface area contributed by atoms with E-state index in [0.29, 0.717) is 27.0 Å². The summed E-state index contributed by atoms with van der Waals surface area (Å²) in [5.74, 6) is -1.39. The third kappa shape index (κ3) is 2.77. The smallest absolute Gasteiger partial charge is 0.176 e. The number of benzene rings is 2. The summed E-state index contributed by atoms with van der Waals surface area (Å²) in [6.07, 6.45) is 7.50. The fraction of sp³-hybridized carbons (Fsp3) is 0.333. The summed E-state index contributed by atoms with van der Waals surface area (Å²) < 4.78 is 43.2. The lowest BCUT2D eigenvalue weighted by Gasteiger charge is -2.22. The number of hydrogen-bond acceptors (Lipinski definition) is 1. The molecule has 25 heavy (non-hydrogen) atoms. The van der Waals surface area contributed by atoms with Gasteiger partial charge in [0.15, 0.2) is 11.6 Å². The molecule has 130 valence electrons. The summed E-state index contributed by atoms with van der Waals surface area (Å²) in [5.41, 5.74) is 1.64. The molecule has 0 fully saturated rings. The Balaban J connectivity index is 1.81. The predicted molar refractivity (Wildman–Crippen MR) is 99.4 cm³/mol. The summed E-state index contributed by atoms with van der Waals surface area (Å²) in [4.78, 5) is 0. The Bertz CT molecular complexity index is 984. The van der Waals surface area contributed by atoms with Crippen LogP contribution in [0.4, 0.5) is 13.2 Å². The van der Waals surface area contributed by atoms with E-state index in [1.54, 1.807) is 6.07 Å².